The van der Waals surface area contributed by atoms with E-state index in [-0.39, 0.29) is 17.9 Å². The van der Waals surface area contributed by atoms with Gasteiger partial charge in [-0.1, -0.05) is 41.1 Å². The minimum atomic E-state index is -1.04. The predicted octanol–water partition coefficient (Wildman–Crippen LogP) is 3.43. The Balaban J connectivity index is 1.83. The average Bonchev–Trinajstić information content (AvgIpc) is 3.28. The van der Waals surface area contributed by atoms with Gasteiger partial charge in [-0.05, 0) is 56.0 Å². The quantitative estimate of drug-likeness (QED) is 0.376. The monoisotopic (exact) mass is 473 g/mol. The van der Waals surface area contributed by atoms with E-state index in [1.807, 2.05) is 0 Å². The zero-order chi connectivity index (χ0) is 24.2. The van der Waals surface area contributed by atoms with Crippen LogP contribution in [0.5, 0.6) is 0 Å². The largest absolute Gasteiger partial charge is 0.481 e. The molecule has 10 heteroatoms. The van der Waals surface area contributed by atoms with E-state index in [9.17, 15) is 19.1 Å². The van der Waals surface area contributed by atoms with Crippen LogP contribution in [0.3, 0.4) is 0 Å². The van der Waals surface area contributed by atoms with Gasteiger partial charge in [-0.2, -0.15) is 0 Å². The number of nitrogens with zero attached hydrogens (tertiary/aromatic N) is 2. The first-order valence-corrected chi connectivity index (χ1v) is 10.7. The van der Waals surface area contributed by atoms with Crippen molar-refractivity contribution in [2.45, 2.75) is 38.3 Å². The van der Waals surface area contributed by atoms with E-state index in [0.717, 1.165) is 5.56 Å². The van der Waals surface area contributed by atoms with Crippen LogP contribution in [-0.4, -0.2) is 44.0 Å². The molecule has 0 bridgehead atoms. The Bertz CT molecular complexity index is 1110. The molecule has 2 aromatic carbocycles. The lowest BCUT2D eigenvalue weighted by atomic mass is 9.82. The topological polar surface area (TPSA) is 134 Å². The van der Waals surface area contributed by atoms with Gasteiger partial charge >= 0.3 is 5.97 Å². The summed E-state index contributed by atoms with van der Waals surface area (Å²) in [5, 5.41) is 22.6. The number of halogens is 2. The third-order valence-electron chi connectivity index (χ3n) is 5.39. The van der Waals surface area contributed by atoms with Crippen molar-refractivity contribution in [3.05, 3.63) is 70.8 Å². The van der Waals surface area contributed by atoms with Crippen molar-refractivity contribution in [3.8, 4) is 11.1 Å². The summed E-state index contributed by atoms with van der Waals surface area (Å²) in [4.78, 5) is 24.4. The number of rotatable bonds is 9. The van der Waals surface area contributed by atoms with Crippen molar-refractivity contribution in [3.63, 3.8) is 0 Å². The summed E-state index contributed by atoms with van der Waals surface area (Å²) >= 11 is 5.99. The first kappa shape index (κ1) is 24.3. The molecule has 8 nitrogen and oxygen atoms in total. The number of benzene rings is 2. The molecule has 1 amide bonds. The highest BCUT2D eigenvalue weighted by Crippen LogP contribution is 2.27. The summed E-state index contributed by atoms with van der Waals surface area (Å²) < 4.78 is 14.2. The van der Waals surface area contributed by atoms with Crippen molar-refractivity contribution in [2.75, 3.05) is 0 Å². The molecule has 1 heterocycles. The van der Waals surface area contributed by atoms with Crippen LogP contribution in [-0.2, 0) is 11.2 Å². The summed E-state index contributed by atoms with van der Waals surface area (Å²) in [6, 6.07) is 10.9. The highest BCUT2D eigenvalue weighted by atomic mass is 35.5. The van der Waals surface area contributed by atoms with E-state index in [1.165, 1.54) is 18.3 Å². The molecule has 3 rings (SSSR count). The van der Waals surface area contributed by atoms with E-state index >= 15 is 0 Å². The van der Waals surface area contributed by atoms with Crippen LogP contribution in [0.1, 0.15) is 36.3 Å². The molecule has 2 atom stereocenters. The molecule has 0 aliphatic rings. The van der Waals surface area contributed by atoms with Gasteiger partial charge in [0, 0.05) is 22.2 Å². The van der Waals surface area contributed by atoms with Crippen LogP contribution < -0.4 is 11.1 Å². The Morgan fingerprint density at radius 3 is 2.52 bits per heavy atom. The molecule has 33 heavy (non-hydrogen) atoms. The van der Waals surface area contributed by atoms with Gasteiger partial charge in [-0.15, -0.1) is 5.10 Å². The number of carboxylic acids is 1. The number of carbonyl (C=O) groups is 2. The van der Waals surface area contributed by atoms with E-state index in [1.54, 1.807) is 44.2 Å². The smallest absolute Gasteiger partial charge is 0.308 e. The molecule has 5 N–H and O–H groups in total. The number of carbonyl (C=O) groups excluding carboxylic acids is 1. The number of nitrogens with two attached hydrogens (primary N) is 1. The first-order valence-electron chi connectivity index (χ1n) is 10.3. The van der Waals surface area contributed by atoms with Gasteiger partial charge in [0.1, 0.15) is 11.5 Å². The molecule has 0 radical (unpaired) electrons. The molecule has 0 unspecified atom stereocenters. The van der Waals surface area contributed by atoms with Gasteiger partial charge in [0.05, 0.1) is 12.1 Å². The maximum Gasteiger partial charge on any atom is 0.308 e. The Labute approximate surface area is 195 Å². The maximum atomic E-state index is 14.2. The number of aliphatic carboxylic acids is 1. The number of carboxylic acid groups (broad SMARTS) is 1. The zero-order valence-electron chi connectivity index (χ0n) is 18.2. The minimum absolute atomic E-state index is 0.108. The lowest BCUT2D eigenvalue weighted by Gasteiger charge is -2.30. The second-order valence-corrected chi connectivity index (χ2v) is 8.95. The number of aromatic amines is 1. The summed E-state index contributed by atoms with van der Waals surface area (Å²) in [6.07, 6.45) is 1.73. The average molecular weight is 474 g/mol. The Morgan fingerprint density at radius 2 is 1.94 bits per heavy atom. The Kier molecular flexibility index (Phi) is 7.45. The molecule has 174 valence electrons. The lowest BCUT2D eigenvalue weighted by Crippen LogP contribution is -2.49. The predicted molar refractivity (Wildman–Crippen MR) is 122 cm³/mol. The molecule has 1 aromatic heterocycles. The maximum absolute atomic E-state index is 14.2. The van der Waals surface area contributed by atoms with E-state index in [0.29, 0.717) is 22.6 Å². The van der Waals surface area contributed by atoms with Crippen molar-refractivity contribution >= 4 is 23.5 Å². The number of hydrogen-bond acceptors (Lipinski definition) is 5. The number of nitrogens with one attached hydrogen (secondary N) is 2. The van der Waals surface area contributed by atoms with Gasteiger partial charge in [0.25, 0.3) is 5.91 Å². The standard InChI is InChI=1S/C23H25ClFN5O3/c1-23(2,26)18(22(32)33)11-16(28-21(31)20-12-27-30-29-20)9-13-3-5-14(6-4-13)17-10-15(24)7-8-19(17)25/h3-8,10,12,16,18H,9,11,26H2,1-2H3,(H,28,31)(H,32,33)(H,27,29,30)/t16-,18-/m1/s1. The first-order chi connectivity index (χ1) is 15.5. The summed E-state index contributed by atoms with van der Waals surface area (Å²) in [5.74, 6) is -2.79. The zero-order valence-corrected chi connectivity index (χ0v) is 18.9. The highest BCUT2D eigenvalue weighted by molar-refractivity contribution is 6.30. The molecular formula is C23H25ClFN5O3. The molecule has 0 fully saturated rings. The van der Waals surface area contributed by atoms with E-state index < -0.39 is 29.4 Å². The fraction of sp³-hybridized carbons (Fsp3) is 0.304. The van der Waals surface area contributed by atoms with Crippen molar-refractivity contribution in [1.29, 1.82) is 0 Å². The van der Waals surface area contributed by atoms with Crippen molar-refractivity contribution < 1.29 is 19.1 Å². The van der Waals surface area contributed by atoms with Gasteiger partial charge in [-0.25, -0.2) is 4.39 Å². The second kappa shape index (κ2) is 10.1. The SMILES string of the molecule is CC(C)(N)[C@H](C[C@@H](Cc1ccc(-c2cc(Cl)ccc2F)cc1)NC(=O)c1cnn[nH]1)C(=O)O. The van der Waals surface area contributed by atoms with Gasteiger partial charge in [0.15, 0.2) is 0 Å². The molecule has 0 aliphatic carbocycles. The van der Waals surface area contributed by atoms with Crippen molar-refractivity contribution in [2.24, 2.45) is 11.7 Å². The summed E-state index contributed by atoms with van der Waals surface area (Å²) in [6.45, 7) is 3.27. The number of H-pyrrole nitrogens is 1. The Hall–Kier alpha value is -3.30. The normalized spacial score (nSPS) is 13.4. The fourth-order valence-corrected chi connectivity index (χ4v) is 3.77. The number of aromatic nitrogens is 3. The minimum Gasteiger partial charge on any atom is -0.481 e. The highest BCUT2D eigenvalue weighted by Gasteiger charge is 2.34. The van der Waals surface area contributed by atoms with Gasteiger partial charge in [0.2, 0.25) is 0 Å². The molecule has 0 saturated heterocycles. The van der Waals surface area contributed by atoms with Crippen LogP contribution in [0, 0.1) is 11.7 Å². The van der Waals surface area contributed by atoms with E-state index in [4.69, 9.17) is 17.3 Å². The Morgan fingerprint density at radius 1 is 1.24 bits per heavy atom. The van der Waals surface area contributed by atoms with Gasteiger partial charge in [-0.3, -0.25) is 14.7 Å². The lowest BCUT2D eigenvalue weighted by molar-refractivity contribution is -0.144. The number of hydrogen-bond donors (Lipinski definition) is 4. The third-order valence-corrected chi connectivity index (χ3v) is 5.62. The van der Waals surface area contributed by atoms with Gasteiger partial charge < -0.3 is 16.2 Å². The molecule has 3 aromatic rings. The molecular weight excluding hydrogens is 449 g/mol. The van der Waals surface area contributed by atoms with Crippen LogP contribution >= 0.6 is 11.6 Å². The number of amides is 1. The van der Waals surface area contributed by atoms with E-state index in [2.05, 4.69) is 20.7 Å². The van der Waals surface area contributed by atoms with Crippen molar-refractivity contribution in [1.82, 2.24) is 20.7 Å². The van der Waals surface area contributed by atoms with Crippen LogP contribution in [0.25, 0.3) is 11.1 Å². The van der Waals surface area contributed by atoms with Crippen LogP contribution in [0.4, 0.5) is 4.39 Å². The fourth-order valence-electron chi connectivity index (χ4n) is 3.59. The summed E-state index contributed by atoms with van der Waals surface area (Å²) in [5.41, 5.74) is 7.10. The summed E-state index contributed by atoms with van der Waals surface area (Å²) in [7, 11) is 0. The molecule has 0 saturated carbocycles. The molecule has 0 aliphatic heterocycles. The second-order valence-electron chi connectivity index (χ2n) is 8.51. The molecule has 0 spiro atoms. The van der Waals surface area contributed by atoms with Crippen LogP contribution in [0.15, 0.2) is 48.7 Å². The third kappa shape index (κ3) is 6.36. The van der Waals surface area contributed by atoms with Crippen LogP contribution in [0.2, 0.25) is 5.02 Å².